The molecule has 6 nitrogen and oxygen atoms in total. The number of amidine groups is 1. The zero-order valence-electron chi connectivity index (χ0n) is 17.7. The van der Waals surface area contributed by atoms with Gasteiger partial charge < -0.3 is 20.5 Å². The molecule has 0 bridgehead atoms. The fourth-order valence-corrected chi connectivity index (χ4v) is 3.18. The van der Waals surface area contributed by atoms with Crippen molar-refractivity contribution in [2.24, 2.45) is 5.73 Å². The van der Waals surface area contributed by atoms with Crippen LogP contribution in [-0.4, -0.2) is 26.0 Å². The zero-order chi connectivity index (χ0) is 22.4. The number of benzene rings is 3. The number of nitrogens with two attached hydrogens (primary N) is 1. The maximum atomic E-state index is 14.9. The van der Waals surface area contributed by atoms with E-state index in [1.807, 2.05) is 24.3 Å². The highest BCUT2D eigenvalue weighted by Gasteiger charge is 2.23. The molecule has 0 aliphatic carbocycles. The molecular weight excluding hydrogens is 433 g/mol. The van der Waals surface area contributed by atoms with Crippen molar-refractivity contribution < 1.29 is 18.7 Å². The van der Waals surface area contributed by atoms with Crippen LogP contribution in [0.4, 0.5) is 4.39 Å². The van der Waals surface area contributed by atoms with Crippen LogP contribution in [0.5, 0.6) is 5.75 Å². The SMILES string of the molecule is COc1cccc(-c2ccc([C@H](OC)C(=O)NCc3ccc(C(=N)N)cc3)c(F)c2)c1.Cl. The summed E-state index contributed by atoms with van der Waals surface area (Å²) in [5, 5.41) is 10.2. The van der Waals surface area contributed by atoms with Crippen molar-refractivity contribution in [3.8, 4) is 16.9 Å². The Bertz CT molecular complexity index is 1090. The normalized spacial score (nSPS) is 11.2. The van der Waals surface area contributed by atoms with Crippen LogP contribution in [0.25, 0.3) is 11.1 Å². The topological polar surface area (TPSA) is 97.4 Å². The minimum absolute atomic E-state index is 0. The molecule has 1 atom stereocenters. The van der Waals surface area contributed by atoms with Gasteiger partial charge in [-0.15, -0.1) is 12.4 Å². The zero-order valence-corrected chi connectivity index (χ0v) is 18.5. The molecule has 0 fully saturated rings. The fraction of sp³-hybridized carbons (Fsp3) is 0.167. The quantitative estimate of drug-likeness (QED) is 0.348. The van der Waals surface area contributed by atoms with Crippen LogP contribution in [0.1, 0.15) is 22.8 Å². The van der Waals surface area contributed by atoms with Gasteiger partial charge >= 0.3 is 0 Å². The van der Waals surface area contributed by atoms with E-state index in [0.29, 0.717) is 16.9 Å². The predicted molar refractivity (Wildman–Crippen MR) is 125 cm³/mol. The van der Waals surface area contributed by atoms with Crippen molar-refractivity contribution in [1.29, 1.82) is 5.41 Å². The van der Waals surface area contributed by atoms with E-state index < -0.39 is 17.8 Å². The van der Waals surface area contributed by atoms with Crippen LogP contribution >= 0.6 is 12.4 Å². The molecule has 0 saturated carbocycles. The lowest BCUT2D eigenvalue weighted by atomic mass is 10.0. The molecule has 0 saturated heterocycles. The summed E-state index contributed by atoms with van der Waals surface area (Å²) in [4.78, 5) is 12.6. The Balaban J connectivity index is 0.00000363. The van der Waals surface area contributed by atoms with Crippen molar-refractivity contribution in [3.63, 3.8) is 0 Å². The minimum atomic E-state index is -1.09. The highest BCUT2D eigenvalue weighted by Crippen LogP contribution is 2.28. The van der Waals surface area contributed by atoms with Gasteiger partial charge in [0, 0.05) is 24.8 Å². The Morgan fingerprint density at radius 2 is 1.75 bits per heavy atom. The summed E-state index contributed by atoms with van der Waals surface area (Å²) in [5.41, 5.74) is 8.48. The Hall–Kier alpha value is -3.42. The molecule has 0 unspecified atom stereocenters. The van der Waals surface area contributed by atoms with Crippen LogP contribution in [0, 0.1) is 11.2 Å². The smallest absolute Gasteiger partial charge is 0.254 e. The van der Waals surface area contributed by atoms with E-state index in [4.69, 9.17) is 20.6 Å². The lowest BCUT2D eigenvalue weighted by Gasteiger charge is -2.17. The minimum Gasteiger partial charge on any atom is -0.497 e. The largest absolute Gasteiger partial charge is 0.497 e. The van der Waals surface area contributed by atoms with Crippen LogP contribution in [0.3, 0.4) is 0 Å². The first-order chi connectivity index (χ1) is 14.9. The fourth-order valence-electron chi connectivity index (χ4n) is 3.18. The number of amides is 1. The molecule has 32 heavy (non-hydrogen) atoms. The van der Waals surface area contributed by atoms with E-state index >= 15 is 0 Å². The molecule has 1 amide bonds. The van der Waals surface area contributed by atoms with Crippen LogP contribution < -0.4 is 15.8 Å². The third kappa shape index (κ3) is 5.84. The summed E-state index contributed by atoms with van der Waals surface area (Å²) in [7, 11) is 2.93. The van der Waals surface area contributed by atoms with Gasteiger partial charge in [0.25, 0.3) is 5.91 Å². The summed E-state index contributed by atoms with van der Waals surface area (Å²) < 4.78 is 25.4. The monoisotopic (exact) mass is 457 g/mol. The van der Waals surface area contributed by atoms with E-state index in [1.165, 1.54) is 13.2 Å². The first-order valence-electron chi connectivity index (χ1n) is 9.60. The van der Waals surface area contributed by atoms with E-state index in [2.05, 4.69) is 5.32 Å². The van der Waals surface area contributed by atoms with Gasteiger partial charge in [-0.2, -0.15) is 0 Å². The average Bonchev–Trinajstić information content (AvgIpc) is 2.79. The number of carbonyl (C=O) groups is 1. The second-order valence-electron chi connectivity index (χ2n) is 6.91. The highest BCUT2D eigenvalue weighted by atomic mass is 35.5. The lowest BCUT2D eigenvalue weighted by molar-refractivity contribution is -0.131. The van der Waals surface area contributed by atoms with Crippen molar-refractivity contribution >= 4 is 24.1 Å². The molecule has 3 aromatic carbocycles. The molecule has 8 heteroatoms. The maximum Gasteiger partial charge on any atom is 0.254 e. The summed E-state index contributed by atoms with van der Waals surface area (Å²) in [6.45, 7) is 0.236. The number of nitrogen functional groups attached to an aromatic ring is 1. The van der Waals surface area contributed by atoms with Gasteiger partial charge in [0.15, 0.2) is 6.10 Å². The Morgan fingerprint density at radius 1 is 1.06 bits per heavy atom. The summed E-state index contributed by atoms with van der Waals surface area (Å²) in [6.07, 6.45) is -1.09. The van der Waals surface area contributed by atoms with Crippen LogP contribution in [-0.2, 0) is 16.1 Å². The summed E-state index contributed by atoms with van der Waals surface area (Å²) in [5.74, 6) is -0.338. The molecular formula is C24H25ClFN3O3. The van der Waals surface area contributed by atoms with Gasteiger partial charge in [-0.25, -0.2) is 4.39 Å². The first kappa shape index (κ1) is 24.8. The first-order valence-corrected chi connectivity index (χ1v) is 9.60. The third-order valence-electron chi connectivity index (χ3n) is 4.89. The number of ether oxygens (including phenoxy) is 2. The van der Waals surface area contributed by atoms with Crippen LogP contribution in [0.2, 0.25) is 0 Å². The number of hydrogen-bond donors (Lipinski definition) is 3. The molecule has 168 valence electrons. The number of methoxy groups -OCH3 is 2. The maximum absolute atomic E-state index is 14.9. The van der Waals surface area contributed by atoms with E-state index in [0.717, 1.165) is 11.1 Å². The summed E-state index contributed by atoms with van der Waals surface area (Å²) >= 11 is 0. The van der Waals surface area contributed by atoms with Crippen molar-refractivity contribution in [2.75, 3.05) is 14.2 Å². The van der Waals surface area contributed by atoms with Gasteiger partial charge in [0.05, 0.1) is 7.11 Å². The third-order valence-corrected chi connectivity index (χ3v) is 4.89. The van der Waals surface area contributed by atoms with E-state index in [-0.39, 0.29) is 30.4 Å². The Labute approximate surface area is 192 Å². The number of rotatable bonds is 8. The summed E-state index contributed by atoms with van der Waals surface area (Å²) in [6, 6.07) is 18.9. The van der Waals surface area contributed by atoms with Crippen molar-refractivity contribution in [3.05, 3.63) is 89.2 Å². The Kier molecular flexibility index (Phi) is 8.75. The standard InChI is InChI=1S/C24H24FN3O3.ClH/c1-30-19-5-3-4-17(12-19)18-10-11-20(21(25)13-18)22(31-2)24(29)28-14-15-6-8-16(9-7-15)23(26)27;/h3-13,22H,14H2,1-2H3,(H3,26,27)(H,28,29);1H/t22-;/m0./s1. The number of carbonyl (C=O) groups excluding carboxylic acids is 1. The van der Waals surface area contributed by atoms with E-state index in [1.54, 1.807) is 43.5 Å². The highest BCUT2D eigenvalue weighted by molar-refractivity contribution is 5.94. The molecule has 0 heterocycles. The molecule has 3 rings (SSSR count). The number of halogens is 2. The molecule has 0 radical (unpaired) electrons. The molecule has 4 N–H and O–H groups in total. The molecule has 3 aromatic rings. The van der Waals surface area contributed by atoms with Gasteiger partial charge in [0.1, 0.15) is 17.4 Å². The lowest BCUT2D eigenvalue weighted by Crippen LogP contribution is -2.30. The van der Waals surface area contributed by atoms with Gasteiger partial charge in [0.2, 0.25) is 0 Å². The van der Waals surface area contributed by atoms with Gasteiger partial charge in [-0.1, -0.05) is 48.5 Å². The molecule has 0 aliphatic heterocycles. The molecule has 0 spiro atoms. The average molecular weight is 458 g/mol. The van der Waals surface area contributed by atoms with Crippen molar-refractivity contribution in [1.82, 2.24) is 5.32 Å². The molecule has 0 aliphatic rings. The number of hydrogen-bond acceptors (Lipinski definition) is 4. The van der Waals surface area contributed by atoms with Gasteiger partial charge in [-0.05, 0) is 34.9 Å². The second kappa shape index (κ2) is 11.3. The Morgan fingerprint density at radius 3 is 2.34 bits per heavy atom. The second-order valence-corrected chi connectivity index (χ2v) is 6.91. The van der Waals surface area contributed by atoms with Gasteiger partial charge in [-0.3, -0.25) is 10.2 Å². The van der Waals surface area contributed by atoms with Crippen LogP contribution in [0.15, 0.2) is 66.7 Å². The number of nitrogens with one attached hydrogen (secondary N) is 2. The molecule has 0 aromatic heterocycles. The van der Waals surface area contributed by atoms with Crippen molar-refractivity contribution in [2.45, 2.75) is 12.6 Å². The predicted octanol–water partition coefficient (Wildman–Crippen LogP) is 4.21. The van der Waals surface area contributed by atoms with E-state index in [9.17, 15) is 9.18 Å².